The molecule has 0 saturated carbocycles. The van der Waals surface area contributed by atoms with Gasteiger partial charge < -0.3 is 15.1 Å². The van der Waals surface area contributed by atoms with Crippen molar-refractivity contribution in [1.82, 2.24) is 14.9 Å². The van der Waals surface area contributed by atoms with Gasteiger partial charge in [-0.25, -0.2) is 4.98 Å². The molecule has 0 spiro atoms. The summed E-state index contributed by atoms with van der Waals surface area (Å²) in [6, 6.07) is 15.8. The maximum absolute atomic E-state index is 12.5. The van der Waals surface area contributed by atoms with Gasteiger partial charge >= 0.3 is 0 Å². The highest BCUT2D eigenvalue weighted by Gasteiger charge is 2.23. The summed E-state index contributed by atoms with van der Waals surface area (Å²) in [5, 5.41) is 2.88. The van der Waals surface area contributed by atoms with E-state index >= 15 is 0 Å². The SMILES string of the molecule is Cc1cc(-c2ccc(CC(=O)Nc3ccc(N4CCN(C(=O)C(C)C)CC4)cn3)cc2)ccn1. The molecule has 0 bridgehead atoms. The van der Waals surface area contributed by atoms with Crippen LogP contribution in [0.4, 0.5) is 11.5 Å². The van der Waals surface area contributed by atoms with E-state index in [9.17, 15) is 9.59 Å². The van der Waals surface area contributed by atoms with Crippen molar-refractivity contribution in [3.8, 4) is 11.1 Å². The quantitative estimate of drug-likeness (QED) is 0.607. The number of nitrogens with one attached hydrogen (secondary N) is 1. The summed E-state index contributed by atoms with van der Waals surface area (Å²) < 4.78 is 0. The Morgan fingerprint density at radius 3 is 2.29 bits per heavy atom. The van der Waals surface area contributed by atoms with E-state index in [0.29, 0.717) is 5.82 Å². The molecule has 4 rings (SSSR count). The van der Waals surface area contributed by atoms with Gasteiger partial charge in [-0.05, 0) is 47.9 Å². The first-order valence-electron chi connectivity index (χ1n) is 11.7. The van der Waals surface area contributed by atoms with Gasteiger partial charge in [-0.1, -0.05) is 38.1 Å². The van der Waals surface area contributed by atoms with Gasteiger partial charge in [0.15, 0.2) is 0 Å². The lowest BCUT2D eigenvalue weighted by Crippen LogP contribution is -2.49. The van der Waals surface area contributed by atoms with Crippen LogP contribution in [0, 0.1) is 12.8 Å². The maximum Gasteiger partial charge on any atom is 0.229 e. The molecule has 3 aromatic rings. The van der Waals surface area contributed by atoms with Gasteiger partial charge in [0.2, 0.25) is 11.8 Å². The first-order valence-corrected chi connectivity index (χ1v) is 11.7. The van der Waals surface area contributed by atoms with E-state index in [1.165, 1.54) is 0 Å². The van der Waals surface area contributed by atoms with Crippen LogP contribution in [0.15, 0.2) is 60.9 Å². The Kier molecular flexibility index (Phi) is 7.21. The largest absolute Gasteiger partial charge is 0.367 e. The van der Waals surface area contributed by atoms with Gasteiger partial charge in [0, 0.05) is 44.0 Å². The van der Waals surface area contributed by atoms with E-state index in [1.807, 2.05) is 74.2 Å². The van der Waals surface area contributed by atoms with Crippen LogP contribution in [0.2, 0.25) is 0 Å². The standard InChI is InChI=1S/C27H31N5O2/c1-19(2)27(34)32-14-12-31(13-15-32)24-8-9-25(29-18-24)30-26(33)17-21-4-6-22(7-5-21)23-10-11-28-20(3)16-23/h4-11,16,18-19H,12-15,17H2,1-3H3,(H,29,30,33). The zero-order valence-corrected chi connectivity index (χ0v) is 20.0. The molecule has 1 aliphatic heterocycles. The molecule has 1 aromatic carbocycles. The first kappa shape index (κ1) is 23.4. The Morgan fingerprint density at radius 2 is 1.68 bits per heavy atom. The normalized spacial score (nSPS) is 13.8. The zero-order valence-electron chi connectivity index (χ0n) is 20.0. The van der Waals surface area contributed by atoms with E-state index in [-0.39, 0.29) is 24.2 Å². The Labute approximate surface area is 200 Å². The molecule has 0 aliphatic carbocycles. The van der Waals surface area contributed by atoms with Crippen molar-refractivity contribution in [3.05, 3.63) is 72.2 Å². The summed E-state index contributed by atoms with van der Waals surface area (Å²) in [5.74, 6) is 0.664. The second kappa shape index (κ2) is 10.5. The van der Waals surface area contributed by atoms with Crippen molar-refractivity contribution in [2.45, 2.75) is 27.2 Å². The number of pyridine rings is 2. The van der Waals surface area contributed by atoms with Gasteiger partial charge in [0.1, 0.15) is 5.82 Å². The fraction of sp³-hybridized carbons (Fsp3) is 0.333. The van der Waals surface area contributed by atoms with Crippen molar-refractivity contribution < 1.29 is 9.59 Å². The van der Waals surface area contributed by atoms with Crippen molar-refractivity contribution in [1.29, 1.82) is 0 Å². The van der Waals surface area contributed by atoms with E-state index < -0.39 is 0 Å². The molecule has 2 aromatic heterocycles. The Bertz CT molecular complexity index is 1130. The van der Waals surface area contributed by atoms with Gasteiger partial charge in [-0.3, -0.25) is 14.6 Å². The molecule has 1 aliphatic rings. The average Bonchev–Trinajstić information content (AvgIpc) is 2.84. The summed E-state index contributed by atoms with van der Waals surface area (Å²) >= 11 is 0. The van der Waals surface area contributed by atoms with Gasteiger partial charge in [-0.15, -0.1) is 0 Å². The van der Waals surface area contributed by atoms with Crippen LogP contribution in [0.25, 0.3) is 11.1 Å². The molecule has 1 fully saturated rings. The average molecular weight is 458 g/mol. The minimum absolute atomic E-state index is 0.0275. The molecule has 7 heteroatoms. The number of aryl methyl sites for hydroxylation is 1. The lowest BCUT2D eigenvalue weighted by Gasteiger charge is -2.36. The number of hydrogen-bond donors (Lipinski definition) is 1. The van der Waals surface area contributed by atoms with Crippen LogP contribution in [0.1, 0.15) is 25.1 Å². The summed E-state index contributed by atoms with van der Waals surface area (Å²) in [4.78, 5) is 37.5. The molecule has 1 N–H and O–H groups in total. The molecule has 0 radical (unpaired) electrons. The molecule has 176 valence electrons. The summed E-state index contributed by atoms with van der Waals surface area (Å²) in [5.41, 5.74) is 5.12. The highest BCUT2D eigenvalue weighted by atomic mass is 16.2. The molecule has 0 atom stereocenters. The topological polar surface area (TPSA) is 78.4 Å². The number of aromatic nitrogens is 2. The molecular weight excluding hydrogens is 426 g/mol. The van der Waals surface area contributed by atoms with E-state index in [4.69, 9.17) is 0 Å². The van der Waals surface area contributed by atoms with Crippen LogP contribution in [-0.4, -0.2) is 52.9 Å². The number of piperazine rings is 1. The number of carbonyl (C=O) groups is 2. The van der Waals surface area contributed by atoms with E-state index in [0.717, 1.165) is 54.3 Å². The monoisotopic (exact) mass is 457 g/mol. The molecule has 2 amide bonds. The fourth-order valence-electron chi connectivity index (χ4n) is 4.11. The third-order valence-electron chi connectivity index (χ3n) is 6.01. The number of anilines is 2. The first-order chi connectivity index (χ1) is 16.4. The van der Waals surface area contributed by atoms with E-state index in [2.05, 4.69) is 20.2 Å². The minimum Gasteiger partial charge on any atom is -0.367 e. The molecule has 34 heavy (non-hydrogen) atoms. The molecular formula is C27H31N5O2. The van der Waals surface area contributed by atoms with Crippen molar-refractivity contribution in [3.63, 3.8) is 0 Å². The number of hydrogen-bond acceptors (Lipinski definition) is 5. The van der Waals surface area contributed by atoms with Crippen LogP contribution in [0.5, 0.6) is 0 Å². The van der Waals surface area contributed by atoms with Gasteiger partial charge in [0.05, 0.1) is 18.3 Å². The predicted molar refractivity (Wildman–Crippen MR) is 135 cm³/mol. The third kappa shape index (κ3) is 5.78. The van der Waals surface area contributed by atoms with Crippen molar-refractivity contribution >= 4 is 23.3 Å². The lowest BCUT2D eigenvalue weighted by atomic mass is 10.0. The highest BCUT2D eigenvalue weighted by molar-refractivity contribution is 5.91. The molecule has 0 unspecified atom stereocenters. The number of benzene rings is 1. The van der Waals surface area contributed by atoms with Crippen LogP contribution in [-0.2, 0) is 16.0 Å². The highest BCUT2D eigenvalue weighted by Crippen LogP contribution is 2.21. The predicted octanol–water partition coefficient (Wildman–Crippen LogP) is 3.94. The zero-order chi connectivity index (χ0) is 24.1. The van der Waals surface area contributed by atoms with Crippen LogP contribution < -0.4 is 10.2 Å². The summed E-state index contributed by atoms with van der Waals surface area (Å²) in [6.07, 6.45) is 3.87. The number of carbonyl (C=O) groups excluding carboxylic acids is 2. The Morgan fingerprint density at radius 1 is 0.941 bits per heavy atom. The fourth-order valence-corrected chi connectivity index (χ4v) is 4.11. The molecule has 7 nitrogen and oxygen atoms in total. The Hall–Kier alpha value is -3.74. The molecule has 1 saturated heterocycles. The third-order valence-corrected chi connectivity index (χ3v) is 6.01. The number of nitrogens with zero attached hydrogens (tertiary/aromatic N) is 4. The second-order valence-corrected chi connectivity index (χ2v) is 8.98. The second-order valence-electron chi connectivity index (χ2n) is 8.98. The van der Waals surface area contributed by atoms with Crippen LogP contribution >= 0.6 is 0 Å². The van der Waals surface area contributed by atoms with Gasteiger partial charge in [-0.2, -0.15) is 0 Å². The van der Waals surface area contributed by atoms with E-state index in [1.54, 1.807) is 12.4 Å². The maximum atomic E-state index is 12.5. The molecule has 3 heterocycles. The Balaban J connectivity index is 1.29. The summed E-state index contributed by atoms with van der Waals surface area (Å²) in [6.45, 7) is 8.83. The minimum atomic E-state index is -0.103. The number of rotatable bonds is 6. The summed E-state index contributed by atoms with van der Waals surface area (Å²) in [7, 11) is 0. The van der Waals surface area contributed by atoms with Crippen molar-refractivity contribution in [2.24, 2.45) is 5.92 Å². The lowest BCUT2D eigenvalue weighted by molar-refractivity contribution is -0.134. The van der Waals surface area contributed by atoms with Crippen molar-refractivity contribution in [2.75, 3.05) is 36.4 Å². The van der Waals surface area contributed by atoms with Crippen LogP contribution in [0.3, 0.4) is 0 Å². The van der Waals surface area contributed by atoms with Gasteiger partial charge in [0.25, 0.3) is 0 Å². The number of amides is 2. The smallest absolute Gasteiger partial charge is 0.229 e.